The molecule has 1 saturated heterocycles. The van der Waals surface area contributed by atoms with Gasteiger partial charge in [0, 0.05) is 35.3 Å². The predicted molar refractivity (Wildman–Crippen MR) is 133 cm³/mol. The van der Waals surface area contributed by atoms with Gasteiger partial charge in [-0.15, -0.1) is 0 Å². The highest BCUT2D eigenvalue weighted by molar-refractivity contribution is 6.31. The Morgan fingerprint density at radius 1 is 1.14 bits per heavy atom. The monoisotopic (exact) mass is 510 g/mol. The summed E-state index contributed by atoms with van der Waals surface area (Å²) in [5, 5.41) is 7.86. The molecule has 0 bridgehead atoms. The third-order valence-corrected chi connectivity index (χ3v) is 5.91. The standard InChI is InChI=1S/C24H20Cl2N6O3/c25-16-3-1-4-17(12-16)30-24-28-9-7-19(31-24)15-6-8-27-21(11-15)32-23(33)22(26)20(13-29-32)35-14-18-5-2-10-34-18/h1,3-4,6-9,11-13,18H,2,5,10,14H2,(H,28,30,31). The molecule has 1 aromatic carbocycles. The quantitative estimate of drug-likeness (QED) is 0.381. The Kier molecular flexibility index (Phi) is 6.89. The molecule has 1 N–H and O–H groups in total. The molecule has 1 aliphatic heterocycles. The molecule has 5 rings (SSSR count). The highest BCUT2D eigenvalue weighted by Gasteiger charge is 2.19. The SMILES string of the molecule is O=c1c(Cl)c(OCC2CCCO2)cnn1-c1cc(-c2ccnc(Nc3cccc(Cl)c3)n2)ccn1. The molecule has 0 saturated carbocycles. The predicted octanol–water partition coefficient (Wildman–Crippen LogP) is 4.69. The normalized spacial score (nSPS) is 15.2. The molecule has 4 aromatic rings. The topological polar surface area (TPSA) is 104 Å². The molecule has 11 heteroatoms. The van der Waals surface area contributed by atoms with E-state index in [-0.39, 0.29) is 16.9 Å². The van der Waals surface area contributed by atoms with Gasteiger partial charge in [0.25, 0.3) is 5.56 Å². The zero-order valence-electron chi connectivity index (χ0n) is 18.4. The molecular formula is C24H20Cl2N6O3. The van der Waals surface area contributed by atoms with E-state index in [1.54, 1.807) is 42.7 Å². The van der Waals surface area contributed by atoms with Crippen molar-refractivity contribution in [3.63, 3.8) is 0 Å². The van der Waals surface area contributed by atoms with E-state index in [0.29, 0.717) is 35.7 Å². The number of halogens is 2. The summed E-state index contributed by atoms with van der Waals surface area (Å²) < 4.78 is 12.3. The Balaban J connectivity index is 1.38. The van der Waals surface area contributed by atoms with Crippen LogP contribution < -0.4 is 15.6 Å². The van der Waals surface area contributed by atoms with Crippen LogP contribution in [0.1, 0.15) is 12.8 Å². The number of anilines is 2. The third-order valence-electron chi connectivity index (χ3n) is 5.33. The summed E-state index contributed by atoms with van der Waals surface area (Å²) in [4.78, 5) is 26.0. The lowest BCUT2D eigenvalue weighted by Crippen LogP contribution is -2.24. The zero-order chi connectivity index (χ0) is 24.2. The maximum Gasteiger partial charge on any atom is 0.295 e. The van der Waals surface area contributed by atoms with Crippen molar-refractivity contribution in [2.75, 3.05) is 18.5 Å². The Labute approximate surface area is 210 Å². The van der Waals surface area contributed by atoms with E-state index < -0.39 is 5.56 Å². The van der Waals surface area contributed by atoms with Gasteiger partial charge in [0.2, 0.25) is 5.95 Å². The molecule has 1 fully saturated rings. The number of pyridine rings is 1. The average Bonchev–Trinajstić information content (AvgIpc) is 3.39. The van der Waals surface area contributed by atoms with Crippen molar-refractivity contribution in [2.24, 2.45) is 0 Å². The van der Waals surface area contributed by atoms with Crippen LogP contribution in [-0.2, 0) is 4.74 Å². The van der Waals surface area contributed by atoms with Gasteiger partial charge in [0.1, 0.15) is 6.61 Å². The van der Waals surface area contributed by atoms with E-state index in [0.717, 1.165) is 28.8 Å². The fraction of sp³-hybridized carbons (Fsp3) is 0.208. The maximum atomic E-state index is 12.9. The van der Waals surface area contributed by atoms with E-state index in [1.807, 2.05) is 12.1 Å². The summed E-state index contributed by atoms with van der Waals surface area (Å²) in [7, 11) is 0. The van der Waals surface area contributed by atoms with Crippen LogP contribution in [0.2, 0.25) is 10.0 Å². The molecule has 178 valence electrons. The number of benzene rings is 1. The molecule has 1 unspecified atom stereocenters. The summed E-state index contributed by atoms with van der Waals surface area (Å²) >= 11 is 12.3. The van der Waals surface area contributed by atoms with E-state index in [2.05, 4.69) is 25.4 Å². The molecule has 0 spiro atoms. The number of aromatic nitrogens is 5. The Morgan fingerprint density at radius 2 is 2.03 bits per heavy atom. The van der Waals surface area contributed by atoms with Gasteiger partial charge in [0.05, 0.1) is 18.0 Å². The lowest BCUT2D eigenvalue weighted by Gasteiger charge is -2.13. The molecule has 1 aliphatic rings. The number of hydrogen-bond acceptors (Lipinski definition) is 8. The zero-order valence-corrected chi connectivity index (χ0v) is 19.9. The fourth-order valence-electron chi connectivity index (χ4n) is 3.61. The summed E-state index contributed by atoms with van der Waals surface area (Å²) in [6.45, 7) is 1.03. The number of nitrogens with one attached hydrogen (secondary N) is 1. The van der Waals surface area contributed by atoms with E-state index in [9.17, 15) is 4.79 Å². The first kappa shape index (κ1) is 23.2. The van der Waals surface area contributed by atoms with Gasteiger partial charge in [0.15, 0.2) is 16.6 Å². The number of ether oxygens (including phenoxy) is 2. The number of rotatable bonds is 7. The molecular weight excluding hydrogens is 491 g/mol. The van der Waals surface area contributed by atoms with Gasteiger partial charge in [-0.3, -0.25) is 4.79 Å². The van der Waals surface area contributed by atoms with Crippen LogP contribution in [-0.4, -0.2) is 44.1 Å². The van der Waals surface area contributed by atoms with E-state index >= 15 is 0 Å². The first-order valence-electron chi connectivity index (χ1n) is 10.9. The van der Waals surface area contributed by atoms with Crippen molar-refractivity contribution in [3.8, 4) is 22.8 Å². The fourth-order valence-corrected chi connectivity index (χ4v) is 3.98. The van der Waals surface area contributed by atoms with Crippen molar-refractivity contribution in [1.82, 2.24) is 24.7 Å². The summed E-state index contributed by atoms with van der Waals surface area (Å²) in [6, 6.07) is 12.5. The first-order valence-corrected chi connectivity index (χ1v) is 11.7. The number of hydrogen-bond donors (Lipinski definition) is 1. The summed E-state index contributed by atoms with van der Waals surface area (Å²) in [6.07, 6.45) is 6.52. The van der Waals surface area contributed by atoms with Crippen molar-refractivity contribution in [2.45, 2.75) is 18.9 Å². The third kappa shape index (κ3) is 5.43. The maximum absolute atomic E-state index is 12.9. The van der Waals surface area contributed by atoms with Crippen LogP contribution in [0, 0.1) is 0 Å². The van der Waals surface area contributed by atoms with Crippen molar-refractivity contribution in [1.29, 1.82) is 0 Å². The first-order chi connectivity index (χ1) is 17.1. The molecule has 4 heterocycles. The Hall–Kier alpha value is -3.53. The van der Waals surface area contributed by atoms with Gasteiger partial charge >= 0.3 is 0 Å². The average molecular weight is 511 g/mol. The molecule has 0 radical (unpaired) electrons. The van der Waals surface area contributed by atoms with Gasteiger partial charge < -0.3 is 14.8 Å². The van der Waals surface area contributed by atoms with Gasteiger partial charge in [-0.2, -0.15) is 9.78 Å². The van der Waals surface area contributed by atoms with Crippen molar-refractivity contribution < 1.29 is 9.47 Å². The van der Waals surface area contributed by atoms with Gasteiger partial charge in [-0.1, -0.05) is 29.3 Å². The van der Waals surface area contributed by atoms with E-state index in [1.165, 1.54) is 6.20 Å². The molecule has 0 aliphatic carbocycles. The van der Waals surface area contributed by atoms with Crippen LogP contribution in [0.15, 0.2) is 65.8 Å². The molecule has 35 heavy (non-hydrogen) atoms. The van der Waals surface area contributed by atoms with Gasteiger partial charge in [-0.05, 0) is 49.2 Å². The highest BCUT2D eigenvalue weighted by Crippen LogP contribution is 2.24. The minimum absolute atomic E-state index is 0.00188. The van der Waals surface area contributed by atoms with Crippen molar-refractivity contribution >= 4 is 34.8 Å². The minimum Gasteiger partial charge on any atom is -0.487 e. The van der Waals surface area contributed by atoms with Crippen LogP contribution >= 0.6 is 23.2 Å². The number of nitrogens with zero attached hydrogens (tertiary/aromatic N) is 5. The summed E-state index contributed by atoms with van der Waals surface area (Å²) in [5.41, 5.74) is 1.57. The molecule has 3 aromatic heterocycles. The van der Waals surface area contributed by atoms with E-state index in [4.69, 9.17) is 32.7 Å². The van der Waals surface area contributed by atoms with Crippen LogP contribution in [0.5, 0.6) is 5.75 Å². The van der Waals surface area contributed by atoms with Crippen LogP contribution in [0.25, 0.3) is 17.1 Å². The van der Waals surface area contributed by atoms with Crippen molar-refractivity contribution in [3.05, 3.63) is 81.5 Å². The van der Waals surface area contributed by atoms with Gasteiger partial charge in [-0.25, -0.2) is 15.0 Å². The highest BCUT2D eigenvalue weighted by atomic mass is 35.5. The second kappa shape index (κ2) is 10.4. The Morgan fingerprint density at radius 3 is 2.86 bits per heavy atom. The molecule has 9 nitrogen and oxygen atoms in total. The van der Waals surface area contributed by atoms with Crippen LogP contribution in [0.3, 0.4) is 0 Å². The lowest BCUT2D eigenvalue weighted by molar-refractivity contribution is 0.0677. The molecule has 0 amide bonds. The smallest absolute Gasteiger partial charge is 0.295 e. The second-order valence-corrected chi connectivity index (χ2v) is 8.60. The van der Waals surface area contributed by atoms with Crippen LogP contribution in [0.4, 0.5) is 11.6 Å². The largest absolute Gasteiger partial charge is 0.487 e. The minimum atomic E-state index is -0.535. The summed E-state index contributed by atoms with van der Waals surface area (Å²) in [5.74, 6) is 0.907. The lowest BCUT2D eigenvalue weighted by atomic mass is 10.2. The molecule has 1 atom stereocenters. The second-order valence-electron chi connectivity index (χ2n) is 7.79. The Bertz CT molecular complexity index is 1410.